The standard InChI is InChI=1S/C17H19NO/c18-13-7-12-17(16-10-5-2-6-11-16)19-14-15-8-3-1-4-9-15/h1-6,8-11,13,17-18H,7,12,14H2. The maximum Gasteiger partial charge on any atom is 0.0833 e. The van der Waals surface area contributed by atoms with Crippen LogP contribution in [0.2, 0.25) is 0 Å². The fraction of sp³-hybridized carbons (Fsp3) is 0.235. The van der Waals surface area contributed by atoms with Gasteiger partial charge in [-0.05, 0) is 30.2 Å². The van der Waals surface area contributed by atoms with Gasteiger partial charge in [0.1, 0.15) is 0 Å². The van der Waals surface area contributed by atoms with Crippen molar-refractivity contribution < 1.29 is 4.74 Å². The molecule has 0 heterocycles. The highest BCUT2D eigenvalue weighted by Gasteiger charge is 2.11. The van der Waals surface area contributed by atoms with Gasteiger partial charge in [0.05, 0.1) is 12.7 Å². The van der Waals surface area contributed by atoms with Gasteiger partial charge in [-0.25, -0.2) is 0 Å². The number of hydrogen-bond donors (Lipinski definition) is 1. The largest absolute Gasteiger partial charge is 0.369 e. The Morgan fingerprint density at radius 2 is 1.58 bits per heavy atom. The third-order valence-corrected chi connectivity index (χ3v) is 3.04. The summed E-state index contributed by atoms with van der Waals surface area (Å²) in [4.78, 5) is 0. The van der Waals surface area contributed by atoms with Crippen molar-refractivity contribution in [2.24, 2.45) is 0 Å². The molecule has 2 nitrogen and oxygen atoms in total. The van der Waals surface area contributed by atoms with Crippen LogP contribution in [0.4, 0.5) is 0 Å². The lowest BCUT2D eigenvalue weighted by atomic mass is 10.1. The normalized spacial score (nSPS) is 12.0. The molecule has 2 aromatic rings. The van der Waals surface area contributed by atoms with Crippen LogP contribution in [0, 0.1) is 5.41 Å². The fourth-order valence-corrected chi connectivity index (χ4v) is 2.02. The first-order valence-corrected chi connectivity index (χ1v) is 6.59. The van der Waals surface area contributed by atoms with E-state index in [1.807, 2.05) is 36.4 Å². The highest BCUT2D eigenvalue weighted by molar-refractivity contribution is 5.52. The number of hydrogen-bond acceptors (Lipinski definition) is 2. The summed E-state index contributed by atoms with van der Waals surface area (Å²) in [6.07, 6.45) is 3.10. The van der Waals surface area contributed by atoms with Crippen LogP contribution in [0.25, 0.3) is 0 Å². The first-order chi connectivity index (χ1) is 9.40. The molecule has 0 fully saturated rings. The summed E-state index contributed by atoms with van der Waals surface area (Å²) in [5, 5.41) is 7.17. The van der Waals surface area contributed by atoms with Crippen molar-refractivity contribution in [2.75, 3.05) is 0 Å². The molecule has 2 aromatic carbocycles. The highest BCUT2D eigenvalue weighted by Crippen LogP contribution is 2.23. The first kappa shape index (κ1) is 13.5. The van der Waals surface area contributed by atoms with E-state index < -0.39 is 0 Å². The fourth-order valence-electron chi connectivity index (χ4n) is 2.02. The Labute approximate surface area is 114 Å². The molecule has 0 spiro atoms. The predicted molar refractivity (Wildman–Crippen MR) is 78.4 cm³/mol. The maximum absolute atomic E-state index is 7.17. The molecule has 0 aliphatic heterocycles. The summed E-state index contributed by atoms with van der Waals surface area (Å²) in [6, 6.07) is 20.4. The third-order valence-electron chi connectivity index (χ3n) is 3.04. The van der Waals surface area contributed by atoms with Crippen LogP contribution in [0.15, 0.2) is 60.7 Å². The summed E-state index contributed by atoms with van der Waals surface area (Å²) >= 11 is 0. The van der Waals surface area contributed by atoms with Crippen molar-refractivity contribution in [3.63, 3.8) is 0 Å². The Balaban J connectivity index is 2.00. The number of ether oxygens (including phenoxy) is 1. The Kier molecular flexibility index (Phi) is 5.32. The van der Waals surface area contributed by atoms with Gasteiger partial charge >= 0.3 is 0 Å². The molecule has 2 rings (SSSR count). The van der Waals surface area contributed by atoms with Crippen molar-refractivity contribution >= 4 is 6.21 Å². The van der Waals surface area contributed by atoms with Gasteiger partial charge < -0.3 is 10.1 Å². The molecule has 0 amide bonds. The molecule has 1 unspecified atom stereocenters. The van der Waals surface area contributed by atoms with E-state index >= 15 is 0 Å². The van der Waals surface area contributed by atoms with Gasteiger partial charge in [-0.3, -0.25) is 0 Å². The van der Waals surface area contributed by atoms with Crippen LogP contribution in [-0.4, -0.2) is 6.21 Å². The second kappa shape index (κ2) is 7.49. The van der Waals surface area contributed by atoms with E-state index in [0.29, 0.717) is 6.61 Å². The van der Waals surface area contributed by atoms with Crippen LogP contribution >= 0.6 is 0 Å². The van der Waals surface area contributed by atoms with E-state index in [1.54, 1.807) is 0 Å². The predicted octanol–water partition coefficient (Wildman–Crippen LogP) is 4.37. The van der Waals surface area contributed by atoms with Gasteiger partial charge in [0.2, 0.25) is 0 Å². The minimum Gasteiger partial charge on any atom is -0.369 e. The van der Waals surface area contributed by atoms with E-state index in [0.717, 1.165) is 12.8 Å². The SMILES string of the molecule is N=CCCC(OCc1ccccc1)c1ccccc1. The molecule has 0 saturated heterocycles. The van der Waals surface area contributed by atoms with Gasteiger partial charge in [0.15, 0.2) is 0 Å². The van der Waals surface area contributed by atoms with Crippen molar-refractivity contribution in [1.82, 2.24) is 0 Å². The summed E-state index contributed by atoms with van der Waals surface area (Å²) < 4.78 is 6.01. The molecule has 2 heteroatoms. The van der Waals surface area contributed by atoms with E-state index in [1.165, 1.54) is 17.3 Å². The van der Waals surface area contributed by atoms with Crippen molar-refractivity contribution in [2.45, 2.75) is 25.6 Å². The average molecular weight is 253 g/mol. The molecule has 0 aromatic heterocycles. The lowest BCUT2D eigenvalue weighted by Gasteiger charge is -2.17. The lowest BCUT2D eigenvalue weighted by Crippen LogP contribution is -2.05. The monoisotopic (exact) mass is 253 g/mol. The van der Waals surface area contributed by atoms with Gasteiger partial charge in [-0.1, -0.05) is 60.7 Å². The molecule has 0 aliphatic carbocycles. The molecular weight excluding hydrogens is 234 g/mol. The minimum atomic E-state index is 0.0583. The molecule has 0 aliphatic rings. The van der Waals surface area contributed by atoms with Crippen LogP contribution in [0.3, 0.4) is 0 Å². The van der Waals surface area contributed by atoms with E-state index in [9.17, 15) is 0 Å². The minimum absolute atomic E-state index is 0.0583. The van der Waals surface area contributed by atoms with Crippen molar-refractivity contribution in [3.8, 4) is 0 Å². The molecule has 19 heavy (non-hydrogen) atoms. The third kappa shape index (κ3) is 4.34. The Hall–Kier alpha value is -1.93. The van der Waals surface area contributed by atoms with Crippen molar-refractivity contribution in [1.29, 1.82) is 5.41 Å². The second-order valence-electron chi connectivity index (χ2n) is 4.48. The Bertz CT molecular complexity index is 481. The highest BCUT2D eigenvalue weighted by atomic mass is 16.5. The van der Waals surface area contributed by atoms with E-state index in [-0.39, 0.29) is 6.10 Å². The quantitative estimate of drug-likeness (QED) is 0.730. The molecule has 98 valence electrons. The zero-order valence-electron chi connectivity index (χ0n) is 11.0. The number of rotatable bonds is 7. The molecule has 1 atom stereocenters. The summed E-state index contributed by atoms with van der Waals surface area (Å²) in [6.45, 7) is 0.610. The van der Waals surface area contributed by atoms with Crippen LogP contribution in [0.1, 0.15) is 30.1 Å². The average Bonchev–Trinajstić information content (AvgIpc) is 2.49. The summed E-state index contributed by atoms with van der Waals surface area (Å²) in [5.41, 5.74) is 2.36. The van der Waals surface area contributed by atoms with Crippen molar-refractivity contribution in [3.05, 3.63) is 71.8 Å². The number of nitrogens with one attached hydrogen (secondary N) is 1. The molecular formula is C17H19NO. The van der Waals surface area contributed by atoms with E-state index in [4.69, 9.17) is 10.1 Å². The van der Waals surface area contributed by atoms with Gasteiger partial charge in [-0.2, -0.15) is 0 Å². The topological polar surface area (TPSA) is 33.1 Å². The zero-order valence-corrected chi connectivity index (χ0v) is 11.0. The maximum atomic E-state index is 7.17. The second-order valence-corrected chi connectivity index (χ2v) is 4.48. The molecule has 0 saturated carbocycles. The summed E-state index contributed by atoms with van der Waals surface area (Å²) in [7, 11) is 0. The number of benzene rings is 2. The first-order valence-electron chi connectivity index (χ1n) is 6.59. The van der Waals surface area contributed by atoms with Gasteiger partial charge in [0.25, 0.3) is 0 Å². The summed E-state index contributed by atoms with van der Waals surface area (Å²) in [5.74, 6) is 0. The van der Waals surface area contributed by atoms with E-state index in [2.05, 4.69) is 24.3 Å². The van der Waals surface area contributed by atoms with Crippen LogP contribution < -0.4 is 0 Å². The lowest BCUT2D eigenvalue weighted by molar-refractivity contribution is 0.0354. The van der Waals surface area contributed by atoms with Gasteiger partial charge in [-0.15, -0.1) is 0 Å². The molecule has 0 bridgehead atoms. The zero-order chi connectivity index (χ0) is 13.3. The molecule has 0 radical (unpaired) electrons. The van der Waals surface area contributed by atoms with Crippen LogP contribution in [-0.2, 0) is 11.3 Å². The van der Waals surface area contributed by atoms with Crippen LogP contribution in [0.5, 0.6) is 0 Å². The molecule has 1 N–H and O–H groups in total. The van der Waals surface area contributed by atoms with Gasteiger partial charge in [0, 0.05) is 0 Å². The Morgan fingerprint density at radius 3 is 2.21 bits per heavy atom. The Morgan fingerprint density at radius 1 is 0.947 bits per heavy atom. The smallest absolute Gasteiger partial charge is 0.0833 e.